The molecule has 0 amide bonds. The fourth-order valence-corrected chi connectivity index (χ4v) is 3.97. The summed E-state index contributed by atoms with van der Waals surface area (Å²) < 4.78 is 5.20. The Labute approximate surface area is 118 Å². The van der Waals surface area contributed by atoms with E-state index in [9.17, 15) is 0 Å². The van der Waals surface area contributed by atoms with E-state index in [0.717, 1.165) is 5.92 Å². The standard InChI is InChI=1S/C16H21NOS/c1-12(14-8-9-18-11-14)17-16(13-5-2-3-6-13)15-7-4-10-19-15/h4,7-13,16-17H,2-3,5-6H2,1H3. The first-order chi connectivity index (χ1) is 9.34. The largest absolute Gasteiger partial charge is 0.472 e. The number of hydrogen-bond acceptors (Lipinski definition) is 3. The third-order valence-corrected chi connectivity index (χ3v) is 5.15. The maximum absolute atomic E-state index is 5.20. The highest BCUT2D eigenvalue weighted by molar-refractivity contribution is 7.10. The predicted molar refractivity (Wildman–Crippen MR) is 79.3 cm³/mol. The van der Waals surface area contributed by atoms with Crippen molar-refractivity contribution in [2.45, 2.75) is 44.7 Å². The Kier molecular flexibility index (Phi) is 4.04. The summed E-state index contributed by atoms with van der Waals surface area (Å²) in [4.78, 5) is 1.47. The molecule has 19 heavy (non-hydrogen) atoms. The molecule has 1 aliphatic rings. The van der Waals surface area contributed by atoms with Gasteiger partial charge in [0.05, 0.1) is 12.5 Å². The summed E-state index contributed by atoms with van der Waals surface area (Å²) in [6, 6.07) is 7.31. The summed E-state index contributed by atoms with van der Waals surface area (Å²) in [6.45, 7) is 2.22. The second-order valence-electron chi connectivity index (χ2n) is 5.48. The normalized spacial score (nSPS) is 19.6. The Balaban J connectivity index is 1.75. The van der Waals surface area contributed by atoms with Crippen LogP contribution in [0.4, 0.5) is 0 Å². The highest BCUT2D eigenvalue weighted by Crippen LogP contribution is 2.38. The number of rotatable bonds is 5. The summed E-state index contributed by atoms with van der Waals surface area (Å²) in [5, 5.41) is 6.00. The first-order valence-corrected chi connectivity index (χ1v) is 8.04. The third kappa shape index (κ3) is 2.93. The summed E-state index contributed by atoms with van der Waals surface area (Å²) in [7, 11) is 0. The van der Waals surface area contributed by atoms with Crippen LogP contribution in [0, 0.1) is 5.92 Å². The van der Waals surface area contributed by atoms with Gasteiger partial charge in [0.1, 0.15) is 0 Å². The SMILES string of the molecule is CC(NC(c1cccs1)C1CCCC1)c1ccoc1. The van der Waals surface area contributed by atoms with Gasteiger partial charge >= 0.3 is 0 Å². The third-order valence-electron chi connectivity index (χ3n) is 4.19. The second-order valence-corrected chi connectivity index (χ2v) is 6.46. The van der Waals surface area contributed by atoms with E-state index in [-0.39, 0.29) is 0 Å². The van der Waals surface area contributed by atoms with Gasteiger partial charge in [-0.3, -0.25) is 0 Å². The molecule has 1 aliphatic carbocycles. The molecular formula is C16H21NOS. The molecule has 2 nitrogen and oxygen atoms in total. The highest BCUT2D eigenvalue weighted by Gasteiger charge is 2.28. The molecule has 0 aliphatic heterocycles. The van der Waals surface area contributed by atoms with Crippen molar-refractivity contribution < 1.29 is 4.42 Å². The van der Waals surface area contributed by atoms with E-state index in [1.165, 1.54) is 36.1 Å². The lowest BCUT2D eigenvalue weighted by atomic mass is 9.95. The van der Waals surface area contributed by atoms with E-state index < -0.39 is 0 Å². The van der Waals surface area contributed by atoms with Gasteiger partial charge in [-0.25, -0.2) is 0 Å². The molecular weight excluding hydrogens is 254 g/mol. The number of nitrogens with one attached hydrogen (secondary N) is 1. The molecule has 3 rings (SSSR count). The molecule has 0 spiro atoms. The van der Waals surface area contributed by atoms with Gasteiger partial charge in [0.15, 0.2) is 0 Å². The Morgan fingerprint density at radius 3 is 2.79 bits per heavy atom. The van der Waals surface area contributed by atoms with Crippen LogP contribution in [-0.2, 0) is 0 Å². The van der Waals surface area contributed by atoms with Crippen LogP contribution in [0.5, 0.6) is 0 Å². The average Bonchev–Trinajstić information content (AvgIpc) is 3.17. The van der Waals surface area contributed by atoms with E-state index in [0.29, 0.717) is 12.1 Å². The molecule has 3 heteroatoms. The minimum atomic E-state index is 0.339. The summed E-state index contributed by atoms with van der Waals surface area (Å²) >= 11 is 1.87. The fourth-order valence-electron chi connectivity index (χ4n) is 3.10. The molecule has 1 N–H and O–H groups in total. The quantitative estimate of drug-likeness (QED) is 0.837. The van der Waals surface area contributed by atoms with Gasteiger partial charge in [0.2, 0.25) is 0 Å². The topological polar surface area (TPSA) is 25.2 Å². The molecule has 2 atom stereocenters. The van der Waals surface area contributed by atoms with Crippen molar-refractivity contribution in [1.29, 1.82) is 0 Å². The van der Waals surface area contributed by atoms with Crippen LogP contribution in [-0.4, -0.2) is 0 Å². The minimum Gasteiger partial charge on any atom is -0.472 e. The van der Waals surface area contributed by atoms with Crippen molar-refractivity contribution in [1.82, 2.24) is 5.32 Å². The van der Waals surface area contributed by atoms with Crippen molar-refractivity contribution in [3.63, 3.8) is 0 Å². The first-order valence-electron chi connectivity index (χ1n) is 7.16. The van der Waals surface area contributed by atoms with Crippen LogP contribution in [0.1, 0.15) is 55.1 Å². The average molecular weight is 275 g/mol. The molecule has 2 aromatic rings. The summed E-state index contributed by atoms with van der Waals surface area (Å²) in [5.41, 5.74) is 1.24. The van der Waals surface area contributed by atoms with Crippen LogP contribution in [0.2, 0.25) is 0 Å². The molecule has 2 unspecified atom stereocenters. The van der Waals surface area contributed by atoms with Crippen LogP contribution in [0.3, 0.4) is 0 Å². The summed E-state index contributed by atoms with van der Waals surface area (Å²) in [6.07, 6.45) is 9.07. The highest BCUT2D eigenvalue weighted by atomic mass is 32.1. The Morgan fingerprint density at radius 1 is 1.32 bits per heavy atom. The zero-order valence-corrected chi connectivity index (χ0v) is 12.2. The number of furan rings is 1. The molecule has 1 fully saturated rings. The van der Waals surface area contributed by atoms with Gasteiger partial charge in [0, 0.05) is 22.5 Å². The maximum atomic E-state index is 5.20. The lowest BCUT2D eigenvalue weighted by molar-refractivity contribution is 0.342. The van der Waals surface area contributed by atoms with Crippen LogP contribution in [0.15, 0.2) is 40.5 Å². The lowest BCUT2D eigenvalue weighted by Gasteiger charge is -2.27. The number of thiophene rings is 1. The Morgan fingerprint density at radius 2 is 2.16 bits per heavy atom. The van der Waals surface area contributed by atoms with E-state index in [2.05, 4.69) is 35.8 Å². The zero-order chi connectivity index (χ0) is 13.1. The van der Waals surface area contributed by atoms with Crippen molar-refractivity contribution in [2.75, 3.05) is 0 Å². The van der Waals surface area contributed by atoms with Gasteiger partial charge in [-0.15, -0.1) is 11.3 Å². The Bertz CT molecular complexity index is 471. The van der Waals surface area contributed by atoms with Gasteiger partial charge in [-0.2, -0.15) is 0 Å². The molecule has 0 aromatic carbocycles. The van der Waals surface area contributed by atoms with E-state index in [1.54, 1.807) is 6.26 Å². The molecule has 2 aromatic heterocycles. The zero-order valence-electron chi connectivity index (χ0n) is 11.3. The molecule has 102 valence electrons. The van der Waals surface area contributed by atoms with Crippen molar-refractivity contribution in [3.05, 3.63) is 46.5 Å². The van der Waals surface area contributed by atoms with Gasteiger partial charge in [-0.1, -0.05) is 18.9 Å². The first kappa shape index (κ1) is 12.9. The van der Waals surface area contributed by atoms with Crippen LogP contribution >= 0.6 is 11.3 Å². The fraction of sp³-hybridized carbons (Fsp3) is 0.500. The molecule has 0 saturated heterocycles. The van der Waals surface area contributed by atoms with E-state index >= 15 is 0 Å². The lowest BCUT2D eigenvalue weighted by Crippen LogP contribution is -2.28. The van der Waals surface area contributed by atoms with Crippen LogP contribution < -0.4 is 5.32 Å². The van der Waals surface area contributed by atoms with Crippen molar-refractivity contribution in [2.24, 2.45) is 5.92 Å². The molecule has 2 heterocycles. The predicted octanol–water partition coefficient (Wildman–Crippen LogP) is 4.92. The molecule has 0 bridgehead atoms. The molecule has 0 radical (unpaired) electrons. The maximum Gasteiger partial charge on any atom is 0.0950 e. The monoisotopic (exact) mass is 275 g/mol. The van der Waals surface area contributed by atoms with Crippen molar-refractivity contribution >= 4 is 11.3 Å². The van der Waals surface area contributed by atoms with Gasteiger partial charge in [0.25, 0.3) is 0 Å². The van der Waals surface area contributed by atoms with Gasteiger partial charge < -0.3 is 9.73 Å². The van der Waals surface area contributed by atoms with Crippen LogP contribution in [0.25, 0.3) is 0 Å². The van der Waals surface area contributed by atoms with Crippen molar-refractivity contribution in [3.8, 4) is 0 Å². The Hall–Kier alpha value is -1.06. The van der Waals surface area contributed by atoms with E-state index in [4.69, 9.17) is 4.42 Å². The van der Waals surface area contributed by atoms with Gasteiger partial charge in [-0.05, 0) is 43.2 Å². The number of hydrogen-bond donors (Lipinski definition) is 1. The van der Waals surface area contributed by atoms with E-state index in [1.807, 2.05) is 17.6 Å². The summed E-state index contributed by atoms with van der Waals surface area (Å²) in [5.74, 6) is 0.785. The smallest absolute Gasteiger partial charge is 0.0950 e. The second kappa shape index (κ2) is 5.93. The minimum absolute atomic E-state index is 0.339. The molecule has 1 saturated carbocycles.